The summed E-state index contributed by atoms with van der Waals surface area (Å²) in [4.78, 5) is 13.5. The zero-order chi connectivity index (χ0) is 12.0. The first-order valence-corrected chi connectivity index (χ1v) is 4.77. The zero-order valence-corrected chi connectivity index (χ0v) is 9.61. The van der Waals surface area contributed by atoms with Gasteiger partial charge in [0.2, 0.25) is 0 Å². The standard InChI is InChI=1S/C10H9NO2.C2H6O/c1-13-10-4-2-3-9-8(10)5-7(6-12)11-9;1-3-2/h2-6,11H,1H3;1-2H3. The van der Waals surface area contributed by atoms with E-state index < -0.39 is 0 Å². The number of methoxy groups -OCH3 is 2. The van der Waals surface area contributed by atoms with Crippen LogP contribution in [-0.4, -0.2) is 32.6 Å². The Balaban J connectivity index is 0.000000386. The lowest BCUT2D eigenvalue weighted by Crippen LogP contribution is -1.81. The lowest BCUT2D eigenvalue weighted by atomic mass is 10.2. The fourth-order valence-corrected chi connectivity index (χ4v) is 1.39. The highest BCUT2D eigenvalue weighted by Gasteiger charge is 2.03. The molecule has 2 rings (SSSR count). The molecular weight excluding hydrogens is 206 g/mol. The number of hydrogen-bond acceptors (Lipinski definition) is 3. The number of carbonyl (C=O) groups excluding carboxylic acids is 1. The highest BCUT2D eigenvalue weighted by atomic mass is 16.5. The van der Waals surface area contributed by atoms with Crippen molar-refractivity contribution >= 4 is 17.2 Å². The summed E-state index contributed by atoms with van der Waals surface area (Å²) in [5, 5.41) is 0.937. The van der Waals surface area contributed by atoms with Crippen LogP contribution in [0.4, 0.5) is 0 Å². The predicted octanol–water partition coefficient (Wildman–Crippen LogP) is 2.25. The maximum absolute atomic E-state index is 10.5. The van der Waals surface area contributed by atoms with Crippen molar-refractivity contribution in [2.75, 3.05) is 21.3 Å². The molecule has 16 heavy (non-hydrogen) atoms. The lowest BCUT2D eigenvalue weighted by Gasteiger charge is -1.99. The van der Waals surface area contributed by atoms with Gasteiger partial charge >= 0.3 is 0 Å². The molecule has 0 fully saturated rings. The molecule has 0 aliphatic carbocycles. The summed E-state index contributed by atoms with van der Waals surface area (Å²) >= 11 is 0. The molecule has 0 saturated heterocycles. The van der Waals surface area contributed by atoms with E-state index in [1.807, 2.05) is 18.2 Å². The Morgan fingerprint density at radius 2 is 1.94 bits per heavy atom. The fourth-order valence-electron chi connectivity index (χ4n) is 1.39. The second-order valence-corrected chi connectivity index (χ2v) is 3.17. The molecule has 0 aliphatic heterocycles. The van der Waals surface area contributed by atoms with Crippen LogP contribution in [0.15, 0.2) is 24.3 Å². The van der Waals surface area contributed by atoms with Crippen molar-refractivity contribution in [3.63, 3.8) is 0 Å². The molecule has 0 saturated carbocycles. The average Bonchev–Trinajstić information content (AvgIpc) is 2.72. The number of rotatable bonds is 2. The van der Waals surface area contributed by atoms with E-state index in [0.717, 1.165) is 22.9 Å². The molecule has 2 aromatic rings. The van der Waals surface area contributed by atoms with Gasteiger partial charge in [-0.2, -0.15) is 0 Å². The van der Waals surface area contributed by atoms with Gasteiger partial charge in [0.1, 0.15) is 5.75 Å². The molecule has 1 heterocycles. The minimum Gasteiger partial charge on any atom is -0.496 e. The number of nitrogens with one attached hydrogen (secondary N) is 1. The van der Waals surface area contributed by atoms with Gasteiger partial charge < -0.3 is 14.5 Å². The van der Waals surface area contributed by atoms with E-state index in [0.29, 0.717) is 5.69 Å². The van der Waals surface area contributed by atoms with Gasteiger partial charge in [0.05, 0.1) is 12.8 Å². The van der Waals surface area contributed by atoms with Crippen molar-refractivity contribution in [3.05, 3.63) is 30.0 Å². The smallest absolute Gasteiger partial charge is 0.166 e. The van der Waals surface area contributed by atoms with Crippen molar-refractivity contribution in [2.45, 2.75) is 0 Å². The second kappa shape index (κ2) is 5.92. The SMILES string of the molecule is COC.COc1cccc2[nH]c(C=O)cc12. The number of fused-ring (bicyclic) bond motifs is 1. The zero-order valence-electron chi connectivity index (χ0n) is 9.61. The summed E-state index contributed by atoms with van der Waals surface area (Å²) in [6.45, 7) is 0. The topological polar surface area (TPSA) is 51.3 Å². The van der Waals surface area contributed by atoms with Crippen molar-refractivity contribution in [2.24, 2.45) is 0 Å². The van der Waals surface area contributed by atoms with Crippen LogP contribution in [0.25, 0.3) is 10.9 Å². The molecule has 0 aliphatic rings. The molecule has 0 amide bonds. The number of aromatic nitrogens is 1. The quantitative estimate of drug-likeness (QED) is 0.791. The number of aromatic amines is 1. The molecule has 0 radical (unpaired) electrons. The molecular formula is C12H15NO3. The molecule has 0 spiro atoms. The first-order chi connectivity index (χ1) is 7.76. The Kier molecular flexibility index (Phi) is 4.54. The van der Waals surface area contributed by atoms with Crippen molar-refractivity contribution in [3.8, 4) is 5.75 Å². The predicted molar refractivity (Wildman–Crippen MR) is 63.2 cm³/mol. The van der Waals surface area contributed by atoms with E-state index in [1.54, 1.807) is 27.4 Å². The van der Waals surface area contributed by atoms with Gasteiger partial charge in [-0.25, -0.2) is 0 Å². The molecule has 86 valence electrons. The third-order valence-electron chi connectivity index (χ3n) is 1.99. The first-order valence-electron chi connectivity index (χ1n) is 4.77. The number of benzene rings is 1. The Labute approximate surface area is 94.2 Å². The van der Waals surface area contributed by atoms with Crippen LogP contribution in [0.1, 0.15) is 10.5 Å². The molecule has 4 heteroatoms. The second-order valence-electron chi connectivity index (χ2n) is 3.17. The Morgan fingerprint density at radius 1 is 1.25 bits per heavy atom. The van der Waals surface area contributed by atoms with Crippen LogP contribution in [0, 0.1) is 0 Å². The molecule has 1 aromatic carbocycles. The third kappa shape index (κ3) is 2.61. The highest BCUT2D eigenvalue weighted by Crippen LogP contribution is 2.25. The third-order valence-corrected chi connectivity index (χ3v) is 1.99. The van der Waals surface area contributed by atoms with Gasteiger partial charge in [-0.1, -0.05) is 6.07 Å². The van der Waals surface area contributed by atoms with E-state index in [2.05, 4.69) is 9.72 Å². The summed E-state index contributed by atoms with van der Waals surface area (Å²) in [7, 11) is 4.86. The van der Waals surface area contributed by atoms with Gasteiger partial charge in [-0.3, -0.25) is 4.79 Å². The Morgan fingerprint density at radius 3 is 2.50 bits per heavy atom. The van der Waals surface area contributed by atoms with Gasteiger partial charge in [0.25, 0.3) is 0 Å². The summed E-state index contributed by atoms with van der Waals surface area (Å²) < 4.78 is 9.40. The van der Waals surface area contributed by atoms with Crippen molar-refractivity contribution in [1.29, 1.82) is 0 Å². The number of H-pyrrole nitrogens is 1. The number of carbonyl (C=O) groups is 1. The number of ether oxygens (including phenoxy) is 2. The van der Waals surface area contributed by atoms with Gasteiger partial charge in [-0.05, 0) is 18.2 Å². The van der Waals surface area contributed by atoms with E-state index in [1.165, 1.54) is 0 Å². The summed E-state index contributed by atoms with van der Waals surface area (Å²) in [5.41, 5.74) is 1.49. The minimum absolute atomic E-state index is 0.569. The molecule has 0 bridgehead atoms. The van der Waals surface area contributed by atoms with Crippen molar-refractivity contribution in [1.82, 2.24) is 4.98 Å². The molecule has 1 aromatic heterocycles. The monoisotopic (exact) mass is 221 g/mol. The molecule has 0 atom stereocenters. The normalized spacial score (nSPS) is 9.44. The minimum atomic E-state index is 0.569. The van der Waals surface area contributed by atoms with E-state index in [-0.39, 0.29) is 0 Å². The van der Waals surface area contributed by atoms with Gasteiger partial charge in [0, 0.05) is 25.1 Å². The van der Waals surface area contributed by atoms with Crippen molar-refractivity contribution < 1.29 is 14.3 Å². The maximum atomic E-state index is 10.5. The lowest BCUT2D eigenvalue weighted by molar-refractivity contribution is 0.112. The first kappa shape index (κ1) is 12.3. The fraction of sp³-hybridized carbons (Fsp3) is 0.250. The van der Waals surface area contributed by atoms with Crippen LogP contribution in [0.2, 0.25) is 0 Å². The van der Waals surface area contributed by atoms with E-state index >= 15 is 0 Å². The Bertz CT molecular complexity index is 462. The molecule has 0 unspecified atom stereocenters. The highest BCUT2D eigenvalue weighted by molar-refractivity contribution is 5.91. The summed E-state index contributed by atoms with van der Waals surface area (Å²) in [6.07, 6.45) is 0.791. The Hall–Kier alpha value is -1.81. The van der Waals surface area contributed by atoms with Crippen LogP contribution in [-0.2, 0) is 4.74 Å². The molecule has 1 N–H and O–H groups in total. The number of hydrogen-bond donors (Lipinski definition) is 1. The number of aldehydes is 1. The van der Waals surface area contributed by atoms with Gasteiger partial charge in [0.15, 0.2) is 6.29 Å². The van der Waals surface area contributed by atoms with E-state index in [4.69, 9.17) is 4.74 Å². The van der Waals surface area contributed by atoms with Crippen LogP contribution < -0.4 is 4.74 Å². The summed E-state index contributed by atoms with van der Waals surface area (Å²) in [6, 6.07) is 7.43. The van der Waals surface area contributed by atoms with Crippen LogP contribution in [0.3, 0.4) is 0 Å². The van der Waals surface area contributed by atoms with Crippen LogP contribution in [0.5, 0.6) is 5.75 Å². The molecule has 4 nitrogen and oxygen atoms in total. The maximum Gasteiger partial charge on any atom is 0.166 e. The summed E-state index contributed by atoms with van der Waals surface area (Å²) in [5.74, 6) is 0.779. The average molecular weight is 221 g/mol. The van der Waals surface area contributed by atoms with E-state index in [9.17, 15) is 4.79 Å². The van der Waals surface area contributed by atoms with Crippen LogP contribution >= 0.6 is 0 Å². The van der Waals surface area contributed by atoms with Gasteiger partial charge in [-0.15, -0.1) is 0 Å². The largest absolute Gasteiger partial charge is 0.496 e.